The maximum absolute atomic E-state index is 12.9. The van der Waals surface area contributed by atoms with Crippen LogP contribution in [0.5, 0.6) is 0 Å². The average Bonchev–Trinajstić information content (AvgIpc) is 2.96. The first kappa shape index (κ1) is 14.7. The summed E-state index contributed by atoms with van der Waals surface area (Å²) in [5, 5.41) is 2.71. The van der Waals surface area contributed by atoms with Crippen LogP contribution in [0.2, 0.25) is 0 Å². The number of benzene rings is 1. The number of thiophene rings is 1. The lowest BCUT2D eigenvalue weighted by molar-refractivity contribution is 0.513. The quantitative estimate of drug-likeness (QED) is 0.601. The Kier molecular flexibility index (Phi) is 4.12. The van der Waals surface area contributed by atoms with E-state index >= 15 is 0 Å². The van der Waals surface area contributed by atoms with E-state index in [0.717, 1.165) is 19.8 Å². The lowest BCUT2D eigenvalue weighted by Gasteiger charge is -2.14. The fraction of sp³-hybridized carbons (Fsp3) is 0.250. The van der Waals surface area contributed by atoms with Gasteiger partial charge in [0.1, 0.15) is 0 Å². The van der Waals surface area contributed by atoms with E-state index in [1.807, 2.05) is 40.3 Å². The predicted octanol–water partition coefficient (Wildman–Crippen LogP) is 4.39. The van der Waals surface area contributed by atoms with Crippen LogP contribution in [-0.2, 0) is 6.54 Å². The second-order valence-corrected chi connectivity index (χ2v) is 7.58. The largest absolute Gasteiger partial charge is 0.291 e. The van der Waals surface area contributed by atoms with E-state index < -0.39 is 0 Å². The van der Waals surface area contributed by atoms with Gasteiger partial charge in [-0.05, 0) is 58.2 Å². The molecule has 0 aliphatic carbocycles. The number of aromatic nitrogens is 2. The Morgan fingerprint density at radius 3 is 2.81 bits per heavy atom. The number of hydrogen-bond acceptors (Lipinski definition) is 3. The van der Waals surface area contributed by atoms with Crippen LogP contribution in [-0.4, -0.2) is 9.55 Å². The molecule has 0 spiro atoms. The lowest BCUT2D eigenvalue weighted by Crippen LogP contribution is -2.25. The molecule has 0 amide bonds. The van der Waals surface area contributed by atoms with Crippen LogP contribution in [0.3, 0.4) is 0 Å². The van der Waals surface area contributed by atoms with Gasteiger partial charge in [0.15, 0.2) is 5.82 Å². The molecule has 0 unspecified atom stereocenters. The zero-order chi connectivity index (χ0) is 15.0. The van der Waals surface area contributed by atoms with Gasteiger partial charge in [-0.25, -0.2) is 4.98 Å². The van der Waals surface area contributed by atoms with Gasteiger partial charge in [-0.3, -0.25) is 9.36 Å². The van der Waals surface area contributed by atoms with Crippen molar-refractivity contribution < 1.29 is 0 Å². The summed E-state index contributed by atoms with van der Waals surface area (Å²) in [6.07, 6.45) is 0. The third kappa shape index (κ3) is 2.89. The van der Waals surface area contributed by atoms with Gasteiger partial charge in [0.25, 0.3) is 5.56 Å². The summed E-state index contributed by atoms with van der Waals surface area (Å²) in [5.41, 5.74) is 0.819. The summed E-state index contributed by atoms with van der Waals surface area (Å²) >= 11 is 3.84. The number of hydrogen-bond donors (Lipinski definition) is 0. The van der Waals surface area contributed by atoms with Crippen molar-refractivity contribution in [3.05, 3.63) is 49.6 Å². The highest BCUT2D eigenvalue weighted by molar-refractivity contribution is 14.1. The minimum Gasteiger partial charge on any atom is -0.291 e. The van der Waals surface area contributed by atoms with Gasteiger partial charge in [-0.2, -0.15) is 0 Å². The zero-order valence-corrected chi connectivity index (χ0v) is 14.8. The third-order valence-electron chi connectivity index (χ3n) is 3.21. The molecule has 0 atom stereocenters. The van der Waals surface area contributed by atoms with Gasteiger partial charge in [0, 0.05) is 10.1 Å². The van der Waals surface area contributed by atoms with E-state index in [0.29, 0.717) is 17.8 Å². The van der Waals surface area contributed by atoms with Gasteiger partial charge < -0.3 is 0 Å². The normalized spacial score (nSPS) is 11.4. The fourth-order valence-electron chi connectivity index (χ4n) is 2.32. The number of rotatable bonds is 3. The van der Waals surface area contributed by atoms with E-state index in [-0.39, 0.29) is 5.56 Å². The SMILES string of the molecule is CC(C)Cn1c(-c2cccs2)nc2ccc(I)cc2c1=O. The minimum absolute atomic E-state index is 0.0515. The molecule has 0 bridgehead atoms. The molecule has 1 aromatic carbocycles. The van der Waals surface area contributed by atoms with Gasteiger partial charge >= 0.3 is 0 Å². The molecule has 0 fully saturated rings. The summed E-state index contributed by atoms with van der Waals surface area (Å²) in [4.78, 5) is 18.6. The van der Waals surface area contributed by atoms with Crippen molar-refractivity contribution in [1.29, 1.82) is 0 Å². The van der Waals surface area contributed by atoms with E-state index in [2.05, 4.69) is 36.4 Å². The molecule has 2 heterocycles. The molecule has 108 valence electrons. The highest BCUT2D eigenvalue weighted by atomic mass is 127. The van der Waals surface area contributed by atoms with Crippen LogP contribution in [0, 0.1) is 9.49 Å². The van der Waals surface area contributed by atoms with Crippen LogP contribution in [0.15, 0.2) is 40.5 Å². The second-order valence-electron chi connectivity index (χ2n) is 5.38. The molecule has 21 heavy (non-hydrogen) atoms. The predicted molar refractivity (Wildman–Crippen MR) is 96.9 cm³/mol. The molecular formula is C16H15IN2OS. The third-order valence-corrected chi connectivity index (χ3v) is 4.74. The van der Waals surface area contributed by atoms with Crippen molar-refractivity contribution in [3.63, 3.8) is 0 Å². The van der Waals surface area contributed by atoms with E-state index in [4.69, 9.17) is 4.98 Å². The number of fused-ring (bicyclic) bond motifs is 1. The number of halogens is 1. The Hall–Kier alpha value is -1.21. The van der Waals surface area contributed by atoms with Gasteiger partial charge in [-0.1, -0.05) is 19.9 Å². The topological polar surface area (TPSA) is 34.9 Å². The summed E-state index contributed by atoms with van der Waals surface area (Å²) in [6, 6.07) is 9.84. The van der Waals surface area contributed by atoms with Gasteiger partial charge in [0.2, 0.25) is 0 Å². The van der Waals surface area contributed by atoms with Crippen LogP contribution in [0.25, 0.3) is 21.6 Å². The Balaban J connectivity index is 2.35. The molecule has 3 nitrogen and oxygen atoms in total. The highest BCUT2D eigenvalue weighted by Crippen LogP contribution is 2.24. The van der Waals surface area contributed by atoms with Crippen LogP contribution in [0.4, 0.5) is 0 Å². The molecule has 2 aromatic heterocycles. The molecule has 0 N–H and O–H groups in total. The Bertz CT molecular complexity index is 837. The molecule has 5 heteroatoms. The lowest BCUT2D eigenvalue weighted by atomic mass is 10.2. The zero-order valence-electron chi connectivity index (χ0n) is 11.8. The van der Waals surface area contributed by atoms with E-state index in [1.54, 1.807) is 11.3 Å². The molecular weight excluding hydrogens is 395 g/mol. The smallest absolute Gasteiger partial charge is 0.261 e. The molecule has 3 rings (SSSR count). The Morgan fingerprint density at radius 1 is 1.33 bits per heavy atom. The molecule has 0 aliphatic heterocycles. The summed E-state index contributed by atoms with van der Waals surface area (Å²) in [5.74, 6) is 1.17. The first-order valence-electron chi connectivity index (χ1n) is 6.80. The summed E-state index contributed by atoms with van der Waals surface area (Å²) < 4.78 is 2.87. The monoisotopic (exact) mass is 410 g/mol. The molecule has 0 saturated heterocycles. The van der Waals surface area contributed by atoms with Crippen LogP contribution in [0.1, 0.15) is 13.8 Å². The second kappa shape index (κ2) is 5.88. The van der Waals surface area contributed by atoms with Gasteiger partial charge in [-0.15, -0.1) is 11.3 Å². The average molecular weight is 410 g/mol. The number of nitrogens with zero attached hydrogens (tertiary/aromatic N) is 2. The first-order chi connectivity index (χ1) is 10.1. The van der Waals surface area contributed by atoms with E-state index in [9.17, 15) is 4.79 Å². The molecule has 0 aliphatic rings. The van der Waals surface area contributed by atoms with Crippen molar-refractivity contribution in [2.75, 3.05) is 0 Å². The Labute approximate surface area is 140 Å². The Morgan fingerprint density at radius 2 is 2.14 bits per heavy atom. The minimum atomic E-state index is 0.0515. The van der Waals surface area contributed by atoms with Gasteiger partial charge in [0.05, 0.1) is 15.8 Å². The van der Waals surface area contributed by atoms with Crippen molar-refractivity contribution in [1.82, 2.24) is 9.55 Å². The molecule has 0 saturated carbocycles. The molecule has 3 aromatic rings. The maximum atomic E-state index is 12.9. The van der Waals surface area contributed by atoms with Crippen molar-refractivity contribution in [2.45, 2.75) is 20.4 Å². The fourth-order valence-corrected chi connectivity index (χ4v) is 3.53. The maximum Gasteiger partial charge on any atom is 0.261 e. The summed E-state index contributed by atoms with van der Waals surface area (Å²) in [7, 11) is 0. The first-order valence-corrected chi connectivity index (χ1v) is 8.76. The van der Waals surface area contributed by atoms with Crippen molar-refractivity contribution in [2.24, 2.45) is 5.92 Å². The van der Waals surface area contributed by atoms with Crippen molar-refractivity contribution in [3.8, 4) is 10.7 Å². The highest BCUT2D eigenvalue weighted by Gasteiger charge is 2.14. The standard InChI is InChI=1S/C16H15IN2OS/c1-10(2)9-19-15(14-4-3-7-21-14)18-13-6-5-11(17)8-12(13)16(19)20/h3-8,10H,9H2,1-2H3. The summed E-state index contributed by atoms with van der Waals surface area (Å²) in [6.45, 7) is 4.91. The van der Waals surface area contributed by atoms with E-state index in [1.165, 1.54) is 0 Å². The molecule has 0 radical (unpaired) electrons. The van der Waals surface area contributed by atoms with Crippen LogP contribution < -0.4 is 5.56 Å². The van der Waals surface area contributed by atoms with Crippen LogP contribution >= 0.6 is 33.9 Å². The van der Waals surface area contributed by atoms with Crippen molar-refractivity contribution >= 4 is 44.8 Å².